The molecule has 120 valence electrons. The number of furan rings is 1. The fourth-order valence-corrected chi connectivity index (χ4v) is 2.41. The Morgan fingerprint density at radius 3 is 2.78 bits per heavy atom. The number of carbonyl (C=O) groups is 1. The molecule has 0 spiro atoms. The third-order valence-corrected chi connectivity index (χ3v) is 3.50. The number of imidazole rings is 1. The van der Waals surface area contributed by atoms with E-state index in [2.05, 4.69) is 9.97 Å². The zero-order chi connectivity index (χ0) is 16.6. The van der Waals surface area contributed by atoms with Crippen LogP contribution in [0.2, 0.25) is 0 Å². The Kier molecular flexibility index (Phi) is 3.85. The third-order valence-electron chi connectivity index (χ3n) is 3.50. The van der Waals surface area contributed by atoms with E-state index < -0.39 is 12.2 Å². The molecule has 0 fully saturated rings. The number of aromatic amines is 1. The van der Waals surface area contributed by atoms with Gasteiger partial charge in [-0.1, -0.05) is 6.07 Å². The number of aryl methyl sites for hydroxylation is 1. The maximum atomic E-state index is 12.8. The molecule has 1 aromatic carbocycles. The summed E-state index contributed by atoms with van der Waals surface area (Å²) in [6.45, 7) is 2.11. The largest absolute Gasteiger partial charge is 0.464 e. The van der Waals surface area contributed by atoms with Crippen molar-refractivity contribution in [3.8, 4) is 0 Å². The summed E-state index contributed by atoms with van der Waals surface area (Å²) >= 11 is 0. The first-order chi connectivity index (χ1) is 11.0. The number of nitrogens with zero attached hydrogens (tertiary/aromatic N) is 2. The van der Waals surface area contributed by atoms with E-state index in [9.17, 15) is 13.6 Å². The maximum Gasteiger partial charge on any atom is 0.295 e. The fraction of sp³-hybridized carbons (Fsp3) is 0.250. The molecule has 2 heterocycles. The lowest BCUT2D eigenvalue weighted by Crippen LogP contribution is -2.26. The predicted molar refractivity (Wildman–Crippen MR) is 80.3 cm³/mol. The molecule has 0 atom stereocenters. The highest BCUT2D eigenvalue weighted by atomic mass is 19.3. The van der Waals surface area contributed by atoms with E-state index >= 15 is 0 Å². The van der Waals surface area contributed by atoms with Crippen molar-refractivity contribution in [1.82, 2.24) is 14.9 Å². The zero-order valence-electron chi connectivity index (χ0n) is 12.6. The number of nitrogens with one attached hydrogen (secondary N) is 1. The lowest BCUT2D eigenvalue weighted by atomic mass is 10.1. The van der Waals surface area contributed by atoms with Gasteiger partial charge in [0, 0.05) is 7.05 Å². The SMILES string of the molecule is Cc1ccc(CN(C)C(=O)c2cccc3[nH]c(C(F)F)nc23)o1. The number of fused-ring (bicyclic) bond motifs is 1. The van der Waals surface area contributed by atoms with Crippen LogP contribution in [0.4, 0.5) is 8.78 Å². The molecule has 1 N–H and O–H groups in total. The summed E-state index contributed by atoms with van der Waals surface area (Å²) in [6, 6.07) is 8.43. The molecule has 2 aromatic heterocycles. The minimum absolute atomic E-state index is 0.246. The molecule has 0 unspecified atom stereocenters. The molecule has 0 saturated carbocycles. The summed E-state index contributed by atoms with van der Waals surface area (Å²) in [4.78, 5) is 20.4. The molecule has 1 amide bonds. The number of hydrogen-bond acceptors (Lipinski definition) is 3. The van der Waals surface area contributed by atoms with E-state index in [1.165, 1.54) is 4.90 Å². The Morgan fingerprint density at radius 1 is 1.35 bits per heavy atom. The number of H-pyrrole nitrogens is 1. The van der Waals surface area contributed by atoms with Crippen molar-refractivity contribution in [2.24, 2.45) is 0 Å². The van der Waals surface area contributed by atoms with Gasteiger partial charge in [0.05, 0.1) is 17.6 Å². The fourth-order valence-electron chi connectivity index (χ4n) is 2.41. The van der Waals surface area contributed by atoms with Gasteiger partial charge in [0.25, 0.3) is 12.3 Å². The molecule has 0 saturated heterocycles. The number of halogens is 2. The van der Waals surface area contributed by atoms with Crippen LogP contribution in [-0.2, 0) is 6.54 Å². The Morgan fingerprint density at radius 2 is 2.13 bits per heavy atom. The Bertz CT molecular complexity index is 854. The van der Waals surface area contributed by atoms with Crippen LogP contribution < -0.4 is 0 Å². The van der Waals surface area contributed by atoms with E-state index in [1.54, 1.807) is 31.3 Å². The quantitative estimate of drug-likeness (QED) is 0.798. The standard InChI is InChI=1S/C16H15F2N3O2/c1-9-6-7-10(23-9)8-21(2)16(22)11-4-3-5-12-13(11)20-15(19-12)14(17)18/h3-7,14H,8H2,1-2H3,(H,19,20). The van der Waals surface area contributed by atoms with Crippen LogP contribution in [0.1, 0.15) is 34.1 Å². The van der Waals surface area contributed by atoms with Gasteiger partial charge >= 0.3 is 0 Å². The molecule has 0 aliphatic heterocycles. The van der Waals surface area contributed by atoms with Crippen LogP contribution in [0.5, 0.6) is 0 Å². The van der Waals surface area contributed by atoms with Gasteiger partial charge in [0.2, 0.25) is 0 Å². The van der Waals surface area contributed by atoms with E-state index in [0.29, 0.717) is 11.3 Å². The number of amides is 1. The van der Waals surface area contributed by atoms with E-state index in [4.69, 9.17) is 4.42 Å². The van der Waals surface area contributed by atoms with Gasteiger partial charge in [0.15, 0.2) is 5.82 Å². The van der Waals surface area contributed by atoms with Crippen molar-refractivity contribution in [3.63, 3.8) is 0 Å². The number of hydrogen-bond donors (Lipinski definition) is 1. The first kappa shape index (κ1) is 15.2. The molecule has 0 radical (unpaired) electrons. The van der Waals surface area contributed by atoms with Gasteiger partial charge in [-0.3, -0.25) is 4.79 Å². The van der Waals surface area contributed by atoms with Gasteiger partial charge in [0.1, 0.15) is 17.0 Å². The number of rotatable bonds is 4. The van der Waals surface area contributed by atoms with Gasteiger partial charge in [-0.2, -0.15) is 0 Å². The second-order valence-electron chi connectivity index (χ2n) is 5.30. The molecule has 3 rings (SSSR count). The summed E-state index contributed by atoms with van der Waals surface area (Å²) in [5.41, 5.74) is 0.931. The topological polar surface area (TPSA) is 62.1 Å². The molecule has 0 aliphatic rings. The molecule has 0 aliphatic carbocycles. The number of aromatic nitrogens is 2. The summed E-state index contributed by atoms with van der Waals surface area (Å²) in [7, 11) is 1.62. The van der Waals surface area contributed by atoms with Crippen molar-refractivity contribution >= 4 is 16.9 Å². The van der Waals surface area contributed by atoms with Gasteiger partial charge in [-0.05, 0) is 31.2 Å². The Balaban J connectivity index is 1.90. The molecule has 7 heteroatoms. The smallest absolute Gasteiger partial charge is 0.295 e. The Labute approximate surface area is 130 Å². The van der Waals surface area contributed by atoms with Crippen LogP contribution in [-0.4, -0.2) is 27.8 Å². The van der Waals surface area contributed by atoms with E-state index in [-0.39, 0.29) is 23.5 Å². The number of para-hydroxylation sites is 1. The number of benzene rings is 1. The zero-order valence-corrected chi connectivity index (χ0v) is 12.6. The van der Waals surface area contributed by atoms with Crippen molar-refractivity contribution in [2.45, 2.75) is 19.9 Å². The monoisotopic (exact) mass is 319 g/mol. The second-order valence-corrected chi connectivity index (χ2v) is 5.30. The lowest BCUT2D eigenvalue weighted by Gasteiger charge is -2.16. The predicted octanol–water partition coefficient (Wildman–Crippen LogP) is 3.67. The maximum absolute atomic E-state index is 12.8. The molecular formula is C16H15F2N3O2. The average molecular weight is 319 g/mol. The van der Waals surface area contributed by atoms with Crippen LogP contribution in [0.25, 0.3) is 11.0 Å². The van der Waals surface area contributed by atoms with Crippen molar-refractivity contribution in [3.05, 3.63) is 53.2 Å². The minimum atomic E-state index is -2.71. The molecule has 23 heavy (non-hydrogen) atoms. The Hall–Kier alpha value is -2.70. The van der Waals surface area contributed by atoms with Crippen LogP contribution in [0, 0.1) is 6.92 Å². The molecule has 3 aromatic rings. The van der Waals surface area contributed by atoms with Crippen LogP contribution in [0.15, 0.2) is 34.7 Å². The van der Waals surface area contributed by atoms with E-state index in [0.717, 1.165) is 5.76 Å². The molecular weight excluding hydrogens is 304 g/mol. The number of alkyl halides is 2. The lowest BCUT2D eigenvalue weighted by molar-refractivity contribution is 0.0776. The highest BCUT2D eigenvalue weighted by molar-refractivity contribution is 6.04. The minimum Gasteiger partial charge on any atom is -0.464 e. The average Bonchev–Trinajstić information content (AvgIpc) is 3.12. The van der Waals surface area contributed by atoms with Crippen molar-refractivity contribution < 1.29 is 18.0 Å². The summed E-state index contributed by atoms with van der Waals surface area (Å²) in [5.74, 6) is 0.666. The first-order valence-electron chi connectivity index (χ1n) is 7.03. The summed E-state index contributed by atoms with van der Waals surface area (Å²) in [5, 5.41) is 0. The second kappa shape index (κ2) is 5.83. The van der Waals surface area contributed by atoms with Crippen LogP contribution in [0.3, 0.4) is 0 Å². The number of carbonyl (C=O) groups excluding carboxylic acids is 1. The third kappa shape index (κ3) is 2.94. The van der Waals surface area contributed by atoms with Crippen LogP contribution >= 0.6 is 0 Å². The highest BCUT2D eigenvalue weighted by Crippen LogP contribution is 2.23. The summed E-state index contributed by atoms with van der Waals surface area (Å²) in [6.07, 6.45) is -2.71. The normalized spacial score (nSPS) is 11.3. The molecule has 0 bridgehead atoms. The van der Waals surface area contributed by atoms with E-state index in [1.807, 2.05) is 13.0 Å². The first-order valence-corrected chi connectivity index (χ1v) is 7.03. The summed E-state index contributed by atoms with van der Waals surface area (Å²) < 4.78 is 31.0. The van der Waals surface area contributed by atoms with Crippen molar-refractivity contribution in [2.75, 3.05) is 7.05 Å². The molecule has 5 nitrogen and oxygen atoms in total. The van der Waals surface area contributed by atoms with Gasteiger partial charge < -0.3 is 14.3 Å². The highest BCUT2D eigenvalue weighted by Gasteiger charge is 2.20. The van der Waals surface area contributed by atoms with Crippen molar-refractivity contribution in [1.29, 1.82) is 0 Å². The van der Waals surface area contributed by atoms with Gasteiger partial charge in [-0.25, -0.2) is 13.8 Å². The van der Waals surface area contributed by atoms with Gasteiger partial charge in [-0.15, -0.1) is 0 Å².